The number of hydrogen-bond donors (Lipinski definition) is 3. The van der Waals surface area contributed by atoms with E-state index in [-0.39, 0.29) is 30.6 Å². The molecule has 2 aliphatic heterocycles. The maximum Gasteiger partial charge on any atom is 0.262 e. The van der Waals surface area contributed by atoms with Crippen LogP contribution in [-0.4, -0.2) is 92.5 Å². The molecule has 0 spiro atoms. The van der Waals surface area contributed by atoms with Crippen LogP contribution in [-0.2, 0) is 23.8 Å². The van der Waals surface area contributed by atoms with Crippen molar-refractivity contribution < 1.29 is 38.5 Å². The summed E-state index contributed by atoms with van der Waals surface area (Å²) >= 11 is 0. The third kappa shape index (κ3) is 5.88. The number of rotatable bonds is 13. The molecule has 32 heavy (non-hydrogen) atoms. The van der Waals surface area contributed by atoms with E-state index in [2.05, 4.69) is 10.6 Å². The zero-order chi connectivity index (χ0) is 22.9. The fraction of sp³-hybridized carbons (Fsp3) is 0.524. The Morgan fingerprint density at radius 2 is 1.59 bits per heavy atom. The van der Waals surface area contributed by atoms with Crippen molar-refractivity contribution >= 4 is 29.3 Å². The number of carbonyl (C=O) groups excluding carboxylic acids is 4. The Morgan fingerprint density at radius 1 is 0.938 bits per heavy atom. The van der Waals surface area contributed by atoms with Gasteiger partial charge in [0.25, 0.3) is 11.8 Å². The summed E-state index contributed by atoms with van der Waals surface area (Å²) in [6.45, 7) is 2.87. The topological polar surface area (TPSA) is 144 Å². The first-order chi connectivity index (χ1) is 15.5. The van der Waals surface area contributed by atoms with Crippen molar-refractivity contribution in [3.8, 4) is 0 Å². The number of nitrogens with zero attached hydrogens (tertiary/aromatic N) is 1. The van der Waals surface area contributed by atoms with Crippen molar-refractivity contribution in [2.45, 2.75) is 18.9 Å². The summed E-state index contributed by atoms with van der Waals surface area (Å²) in [5, 5.41) is 13.9. The zero-order valence-corrected chi connectivity index (χ0v) is 17.6. The highest BCUT2D eigenvalue weighted by atomic mass is 16.5. The third-order valence-corrected chi connectivity index (χ3v) is 4.99. The van der Waals surface area contributed by atoms with Crippen LogP contribution >= 0.6 is 0 Å². The number of benzene rings is 1. The molecule has 1 aromatic rings. The Hall–Kier alpha value is -2.86. The molecule has 0 aliphatic carbocycles. The molecule has 2 aliphatic rings. The molecular weight excluding hydrogens is 422 g/mol. The van der Waals surface area contributed by atoms with Crippen molar-refractivity contribution in [2.24, 2.45) is 0 Å². The van der Waals surface area contributed by atoms with Crippen LogP contribution in [0.5, 0.6) is 0 Å². The van der Waals surface area contributed by atoms with Crippen LogP contribution in [0.1, 0.15) is 33.6 Å². The van der Waals surface area contributed by atoms with Gasteiger partial charge in [-0.05, 0) is 24.6 Å². The second-order valence-electron chi connectivity index (χ2n) is 7.20. The largest absolute Gasteiger partial charge is 0.394 e. The Kier molecular flexibility index (Phi) is 8.68. The first-order valence-corrected chi connectivity index (χ1v) is 10.5. The number of ether oxygens (including phenoxy) is 3. The van der Waals surface area contributed by atoms with E-state index < -0.39 is 29.7 Å². The predicted octanol–water partition coefficient (Wildman–Crippen LogP) is -0.458. The van der Waals surface area contributed by atoms with E-state index >= 15 is 0 Å². The molecule has 2 heterocycles. The molecule has 1 saturated heterocycles. The van der Waals surface area contributed by atoms with E-state index in [1.807, 2.05) is 0 Å². The minimum atomic E-state index is -0.978. The first kappa shape index (κ1) is 23.8. The number of aliphatic hydroxyl groups is 1. The Balaban J connectivity index is 1.42. The van der Waals surface area contributed by atoms with Crippen LogP contribution in [0.4, 0.5) is 5.69 Å². The molecule has 0 radical (unpaired) electrons. The number of carbonyl (C=O) groups is 4. The molecule has 4 amide bonds. The molecule has 1 atom stereocenters. The summed E-state index contributed by atoms with van der Waals surface area (Å²) in [5.41, 5.74) is 1.11. The minimum Gasteiger partial charge on any atom is -0.394 e. The van der Waals surface area contributed by atoms with Gasteiger partial charge in [-0.25, -0.2) is 0 Å². The van der Waals surface area contributed by atoms with Gasteiger partial charge in [-0.1, -0.05) is 0 Å². The van der Waals surface area contributed by atoms with Gasteiger partial charge in [0.2, 0.25) is 11.8 Å². The Labute approximate surface area is 185 Å². The lowest BCUT2D eigenvalue weighted by atomic mass is 10.0. The van der Waals surface area contributed by atoms with Crippen LogP contribution < -0.4 is 10.6 Å². The van der Waals surface area contributed by atoms with Gasteiger partial charge in [0, 0.05) is 18.7 Å². The molecule has 1 aromatic carbocycles. The quantitative estimate of drug-likeness (QED) is 0.269. The van der Waals surface area contributed by atoms with Crippen LogP contribution in [0.2, 0.25) is 0 Å². The number of aliphatic hydroxyl groups excluding tert-OH is 1. The molecule has 11 heteroatoms. The first-order valence-electron chi connectivity index (χ1n) is 10.5. The molecule has 3 rings (SSSR count). The summed E-state index contributed by atoms with van der Waals surface area (Å²) < 4.78 is 15.8. The van der Waals surface area contributed by atoms with Crippen molar-refractivity contribution in [1.82, 2.24) is 10.2 Å². The number of fused-ring (bicyclic) bond motifs is 1. The molecule has 0 bridgehead atoms. The third-order valence-electron chi connectivity index (χ3n) is 4.99. The van der Waals surface area contributed by atoms with E-state index in [9.17, 15) is 19.2 Å². The standard InChI is InChI=1S/C21H27N3O8/c25-6-8-31-10-12-32-11-9-30-7-5-22-14-1-2-15-16(13-14)21(29)24(20(15)28)17-3-4-18(26)23-19(17)27/h1-2,13,17,22,25H,3-12H2,(H,23,26,27). The van der Waals surface area contributed by atoms with Crippen molar-refractivity contribution in [2.75, 3.05) is 58.1 Å². The average molecular weight is 449 g/mol. The molecule has 174 valence electrons. The summed E-state index contributed by atoms with van der Waals surface area (Å²) in [6, 6.07) is 3.84. The number of imide groups is 2. The molecule has 11 nitrogen and oxygen atoms in total. The number of amides is 4. The second-order valence-corrected chi connectivity index (χ2v) is 7.20. The van der Waals surface area contributed by atoms with E-state index in [0.717, 1.165) is 4.90 Å². The maximum absolute atomic E-state index is 12.8. The lowest BCUT2D eigenvalue weighted by Gasteiger charge is -2.27. The molecular formula is C21H27N3O8. The highest BCUT2D eigenvalue weighted by molar-refractivity contribution is 6.23. The Bertz CT molecular complexity index is 859. The molecule has 1 unspecified atom stereocenters. The summed E-state index contributed by atoms with van der Waals surface area (Å²) in [5.74, 6) is -2.11. The minimum absolute atomic E-state index is 0.0110. The highest BCUT2D eigenvalue weighted by Crippen LogP contribution is 2.29. The molecule has 0 saturated carbocycles. The van der Waals surface area contributed by atoms with E-state index in [1.165, 1.54) is 0 Å². The van der Waals surface area contributed by atoms with E-state index in [4.69, 9.17) is 19.3 Å². The summed E-state index contributed by atoms with van der Waals surface area (Å²) in [7, 11) is 0. The van der Waals surface area contributed by atoms with Gasteiger partial charge in [-0.3, -0.25) is 29.4 Å². The molecule has 1 fully saturated rings. The fourth-order valence-electron chi connectivity index (χ4n) is 3.45. The SMILES string of the molecule is O=C1CCC(N2C(=O)c3ccc(NCCOCCOCCOCCO)cc3C2=O)C(=O)N1. The number of anilines is 1. The predicted molar refractivity (Wildman–Crippen MR) is 111 cm³/mol. The smallest absolute Gasteiger partial charge is 0.262 e. The van der Waals surface area contributed by atoms with Crippen molar-refractivity contribution in [1.29, 1.82) is 0 Å². The van der Waals surface area contributed by atoms with Crippen molar-refractivity contribution in [3.05, 3.63) is 29.3 Å². The zero-order valence-electron chi connectivity index (χ0n) is 17.6. The summed E-state index contributed by atoms with van der Waals surface area (Å²) in [6.07, 6.45) is 0.205. The van der Waals surface area contributed by atoms with Crippen LogP contribution in [0.15, 0.2) is 18.2 Å². The molecule has 0 aromatic heterocycles. The van der Waals surface area contributed by atoms with Crippen LogP contribution in [0.3, 0.4) is 0 Å². The van der Waals surface area contributed by atoms with Gasteiger partial charge in [0.15, 0.2) is 0 Å². The lowest BCUT2D eigenvalue weighted by Crippen LogP contribution is -2.54. The normalized spacial score (nSPS) is 18.2. The van der Waals surface area contributed by atoms with Crippen LogP contribution in [0.25, 0.3) is 0 Å². The van der Waals surface area contributed by atoms with E-state index in [0.29, 0.717) is 51.9 Å². The molecule has 3 N–H and O–H groups in total. The number of hydrogen-bond acceptors (Lipinski definition) is 9. The Morgan fingerprint density at radius 3 is 2.28 bits per heavy atom. The lowest BCUT2D eigenvalue weighted by molar-refractivity contribution is -0.136. The average Bonchev–Trinajstić information content (AvgIpc) is 3.02. The fourth-order valence-corrected chi connectivity index (χ4v) is 3.45. The van der Waals surface area contributed by atoms with Crippen molar-refractivity contribution in [3.63, 3.8) is 0 Å². The number of piperidine rings is 1. The van der Waals surface area contributed by atoms with Crippen LogP contribution in [0, 0.1) is 0 Å². The van der Waals surface area contributed by atoms with E-state index in [1.54, 1.807) is 18.2 Å². The van der Waals surface area contributed by atoms with Gasteiger partial charge in [0.05, 0.1) is 57.4 Å². The maximum atomic E-state index is 12.8. The second kappa shape index (κ2) is 11.7. The highest BCUT2D eigenvalue weighted by Gasteiger charge is 2.44. The number of nitrogens with one attached hydrogen (secondary N) is 2. The summed E-state index contributed by atoms with van der Waals surface area (Å²) in [4.78, 5) is 49.9. The van der Waals surface area contributed by atoms with Gasteiger partial charge in [-0.2, -0.15) is 0 Å². The van der Waals surface area contributed by atoms with Gasteiger partial charge in [-0.15, -0.1) is 0 Å². The van der Waals surface area contributed by atoms with Gasteiger partial charge < -0.3 is 24.6 Å². The van der Waals surface area contributed by atoms with Gasteiger partial charge >= 0.3 is 0 Å². The monoisotopic (exact) mass is 449 g/mol. The van der Waals surface area contributed by atoms with Gasteiger partial charge in [0.1, 0.15) is 6.04 Å².